The first-order chi connectivity index (χ1) is 16.1. The van der Waals surface area contributed by atoms with Gasteiger partial charge in [-0.1, -0.05) is 0 Å². The Morgan fingerprint density at radius 2 is 1.94 bits per heavy atom. The lowest BCUT2D eigenvalue weighted by molar-refractivity contribution is -0.274. The molecule has 2 aromatic heterocycles. The molecule has 0 spiro atoms. The normalized spacial score (nSPS) is 15.0. The van der Waals surface area contributed by atoms with Crippen LogP contribution < -0.4 is 10.1 Å². The molecule has 10 nitrogen and oxygen atoms in total. The Kier molecular flexibility index (Phi) is 5.63. The molecule has 1 aliphatic carbocycles. The van der Waals surface area contributed by atoms with Crippen molar-refractivity contribution >= 4 is 5.91 Å². The van der Waals surface area contributed by atoms with Gasteiger partial charge in [0, 0.05) is 11.6 Å². The maximum absolute atomic E-state index is 12.9. The second-order valence-electron chi connectivity index (χ2n) is 7.59. The third kappa shape index (κ3) is 4.63. The Hall–Kier alpha value is -4.52. The average molecular weight is 468 g/mol. The number of ether oxygens (including phenoxy) is 1. The van der Waals surface area contributed by atoms with Gasteiger partial charge >= 0.3 is 6.36 Å². The molecule has 172 valence electrons. The number of alkyl halides is 3. The van der Waals surface area contributed by atoms with Crippen LogP contribution in [0.25, 0.3) is 5.82 Å². The Morgan fingerprint density at radius 1 is 1.18 bits per heavy atom. The molecule has 1 amide bonds. The summed E-state index contributed by atoms with van der Waals surface area (Å²) in [6.07, 6.45) is -1.60. The van der Waals surface area contributed by atoms with E-state index in [-0.39, 0.29) is 28.5 Å². The van der Waals surface area contributed by atoms with Gasteiger partial charge in [0.05, 0.1) is 17.5 Å². The lowest BCUT2D eigenvalue weighted by atomic mass is 9.95. The van der Waals surface area contributed by atoms with Crippen LogP contribution in [0.1, 0.15) is 53.2 Å². The van der Waals surface area contributed by atoms with Crippen molar-refractivity contribution in [1.29, 1.82) is 10.5 Å². The Labute approximate surface area is 190 Å². The fourth-order valence-corrected chi connectivity index (χ4v) is 3.38. The van der Waals surface area contributed by atoms with E-state index < -0.39 is 29.5 Å². The van der Waals surface area contributed by atoms with Gasteiger partial charge in [-0.3, -0.25) is 4.79 Å². The number of halogens is 3. The molecular formula is C21H15F3N8O2. The van der Waals surface area contributed by atoms with Gasteiger partial charge in [0.15, 0.2) is 11.6 Å². The zero-order valence-corrected chi connectivity index (χ0v) is 17.5. The fourth-order valence-electron chi connectivity index (χ4n) is 3.38. The second kappa shape index (κ2) is 8.44. The molecule has 0 unspecified atom stereocenters. The molecule has 2 heterocycles. The zero-order chi connectivity index (χ0) is 24.5. The molecule has 0 saturated heterocycles. The highest BCUT2D eigenvalue weighted by Gasteiger charge is 2.46. The van der Waals surface area contributed by atoms with Gasteiger partial charge in [0.25, 0.3) is 5.91 Å². The number of hydrogen-bond donors (Lipinski definition) is 1. The first kappa shape index (κ1) is 22.7. The highest BCUT2D eigenvalue weighted by Crippen LogP contribution is 2.48. The van der Waals surface area contributed by atoms with Crippen molar-refractivity contribution in [2.75, 3.05) is 0 Å². The molecule has 1 fully saturated rings. The minimum atomic E-state index is -4.96. The first-order valence-corrected chi connectivity index (χ1v) is 9.90. The number of aromatic nitrogens is 5. The third-order valence-electron chi connectivity index (χ3n) is 5.21. The highest BCUT2D eigenvalue weighted by molar-refractivity contribution is 5.95. The molecule has 1 saturated carbocycles. The van der Waals surface area contributed by atoms with Crippen LogP contribution in [0.2, 0.25) is 0 Å². The molecule has 1 aliphatic rings. The van der Waals surface area contributed by atoms with Crippen molar-refractivity contribution in [3.05, 3.63) is 59.6 Å². The van der Waals surface area contributed by atoms with E-state index in [1.165, 1.54) is 29.5 Å². The Balaban J connectivity index is 1.62. The van der Waals surface area contributed by atoms with Crippen LogP contribution in [-0.2, 0) is 5.41 Å². The van der Waals surface area contributed by atoms with Crippen molar-refractivity contribution in [1.82, 2.24) is 30.0 Å². The molecule has 34 heavy (non-hydrogen) atoms. The van der Waals surface area contributed by atoms with Crippen molar-refractivity contribution in [2.24, 2.45) is 0 Å². The monoisotopic (exact) mass is 468 g/mol. The van der Waals surface area contributed by atoms with E-state index in [4.69, 9.17) is 5.26 Å². The lowest BCUT2D eigenvalue weighted by Crippen LogP contribution is -2.29. The number of rotatable bonds is 6. The van der Waals surface area contributed by atoms with Gasteiger partial charge in [-0.25, -0.2) is 15.0 Å². The van der Waals surface area contributed by atoms with Crippen LogP contribution in [0.15, 0.2) is 36.9 Å². The maximum atomic E-state index is 12.9. The smallest absolute Gasteiger partial charge is 0.406 e. The summed E-state index contributed by atoms with van der Waals surface area (Å²) >= 11 is 0. The van der Waals surface area contributed by atoms with Gasteiger partial charge < -0.3 is 10.1 Å². The minimum Gasteiger partial charge on any atom is -0.406 e. The van der Waals surface area contributed by atoms with Gasteiger partial charge in [-0.2, -0.15) is 20.3 Å². The molecule has 1 atom stereocenters. The van der Waals surface area contributed by atoms with Crippen LogP contribution in [0.5, 0.6) is 5.75 Å². The molecular weight excluding hydrogens is 453 g/mol. The number of nitrogens with one attached hydrogen (secondary N) is 1. The molecule has 3 aromatic rings. The Bertz CT molecular complexity index is 1330. The summed E-state index contributed by atoms with van der Waals surface area (Å²) in [4.78, 5) is 24.9. The molecule has 1 N–H and O–H groups in total. The van der Waals surface area contributed by atoms with Crippen molar-refractivity contribution in [2.45, 2.75) is 37.6 Å². The maximum Gasteiger partial charge on any atom is 0.573 e. The molecule has 0 bridgehead atoms. The topological polar surface area (TPSA) is 142 Å². The largest absolute Gasteiger partial charge is 0.573 e. The summed E-state index contributed by atoms with van der Waals surface area (Å²) < 4.78 is 43.8. The standard InChI is InChI=1S/C21H15F3N8O2/c1-12(18-29-11-30-32(18)17-7-15(8-25)27-10-28-17)31-19(33)13-4-14(20(9-26)2-3-20)6-16(5-13)34-21(22,23)24/h4-7,10-12H,2-3H2,1H3,(H,31,33)/t12-/m0/s1. The van der Waals surface area contributed by atoms with E-state index >= 15 is 0 Å². The number of amides is 1. The number of nitrogens with zero attached hydrogens (tertiary/aromatic N) is 7. The molecule has 1 aromatic carbocycles. The summed E-state index contributed by atoms with van der Waals surface area (Å²) in [5.74, 6) is -0.787. The van der Waals surface area contributed by atoms with E-state index in [1.54, 1.807) is 6.92 Å². The number of benzene rings is 1. The van der Waals surface area contributed by atoms with Crippen molar-refractivity contribution < 1.29 is 22.7 Å². The number of carbonyl (C=O) groups excluding carboxylic acids is 1. The van der Waals surface area contributed by atoms with Gasteiger partial charge in [-0.05, 0) is 43.5 Å². The van der Waals surface area contributed by atoms with Crippen LogP contribution in [-0.4, -0.2) is 37.0 Å². The third-order valence-corrected chi connectivity index (χ3v) is 5.21. The van der Waals surface area contributed by atoms with Crippen LogP contribution >= 0.6 is 0 Å². The molecule has 0 aliphatic heterocycles. The summed E-state index contributed by atoms with van der Waals surface area (Å²) in [5, 5.41) is 25.2. The van der Waals surface area contributed by atoms with Crippen LogP contribution in [0, 0.1) is 22.7 Å². The van der Waals surface area contributed by atoms with Gasteiger partial charge in [-0.15, -0.1) is 13.2 Å². The Morgan fingerprint density at radius 3 is 2.59 bits per heavy atom. The van der Waals surface area contributed by atoms with E-state index in [9.17, 15) is 23.2 Å². The van der Waals surface area contributed by atoms with Crippen LogP contribution in [0.4, 0.5) is 13.2 Å². The molecule has 13 heteroatoms. The summed E-state index contributed by atoms with van der Waals surface area (Å²) in [6, 6.07) is 8.08. The van der Waals surface area contributed by atoms with Crippen LogP contribution in [0.3, 0.4) is 0 Å². The van der Waals surface area contributed by atoms with E-state index in [0.29, 0.717) is 12.8 Å². The lowest BCUT2D eigenvalue weighted by Gasteiger charge is -2.17. The van der Waals surface area contributed by atoms with E-state index in [1.807, 2.05) is 6.07 Å². The zero-order valence-electron chi connectivity index (χ0n) is 17.5. The SMILES string of the molecule is C[C@H](NC(=O)c1cc(OC(F)(F)F)cc(C2(C#N)CC2)c1)c1ncnn1-c1cc(C#N)ncn1. The summed E-state index contributed by atoms with van der Waals surface area (Å²) in [5.41, 5.74) is -0.659. The number of nitriles is 2. The summed E-state index contributed by atoms with van der Waals surface area (Å²) in [7, 11) is 0. The predicted octanol–water partition coefficient (Wildman–Crippen LogP) is 2.87. The number of hydrogen-bond acceptors (Lipinski definition) is 8. The van der Waals surface area contributed by atoms with Gasteiger partial charge in [0.1, 0.15) is 30.2 Å². The average Bonchev–Trinajstić information content (AvgIpc) is 3.45. The van der Waals surface area contributed by atoms with E-state index in [0.717, 1.165) is 12.1 Å². The van der Waals surface area contributed by atoms with Crippen molar-refractivity contribution in [3.63, 3.8) is 0 Å². The van der Waals surface area contributed by atoms with Gasteiger partial charge in [0.2, 0.25) is 0 Å². The molecule has 4 rings (SSSR count). The number of carbonyl (C=O) groups is 1. The fraction of sp³-hybridized carbons (Fsp3) is 0.286. The first-order valence-electron chi connectivity index (χ1n) is 9.90. The predicted molar refractivity (Wildman–Crippen MR) is 107 cm³/mol. The minimum absolute atomic E-state index is 0.101. The van der Waals surface area contributed by atoms with E-state index in [2.05, 4.69) is 36.2 Å². The second-order valence-corrected chi connectivity index (χ2v) is 7.59. The summed E-state index contributed by atoms with van der Waals surface area (Å²) in [6.45, 7) is 1.60. The van der Waals surface area contributed by atoms with Crippen molar-refractivity contribution in [3.8, 4) is 23.7 Å². The highest BCUT2D eigenvalue weighted by atomic mass is 19.4. The molecule has 0 radical (unpaired) electrons. The quantitative estimate of drug-likeness (QED) is 0.582.